The van der Waals surface area contributed by atoms with Gasteiger partial charge in [-0.2, -0.15) is 0 Å². The Balaban J connectivity index is 3.50. The van der Waals surface area contributed by atoms with Crippen LogP contribution in [0.2, 0.25) is 0 Å². The average molecular weight is 240 g/mol. The number of benzene rings is 1. The van der Waals surface area contributed by atoms with Gasteiger partial charge in [-0.3, -0.25) is 4.79 Å². The highest BCUT2D eigenvalue weighted by Crippen LogP contribution is 2.37. The van der Waals surface area contributed by atoms with Gasteiger partial charge in [-0.15, -0.1) is 0 Å². The van der Waals surface area contributed by atoms with Crippen LogP contribution in [0.4, 0.5) is 0 Å². The third-order valence-corrected chi connectivity index (χ3v) is 2.15. The molecule has 0 unspecified atom stereocenters. The lowest BCUT2D eigenvalue weighted by Crippen LogP contribution is -2.15. The number of rotatable bonds is 5. The lowest BCUT2D eigenvalue weighted by molar-refractivity contribution is -0.131. The minimum Gasteiger partial charge on any atom is -0.496 e. The van der Waals surface area contributed by atoms with Crippen molar-refractivity contribution in [1.82, 2.24) is 0 Å². The third-order valence-electron chi connectivity index (χ3n) is 2.15. The molecule has 1 aromatic carbocycles. The molecule has 6 heteroatoms. The summed E-state index contributed by atoms with van der Waals surface area (Å²) < 4.78 is 14.9. The molecule has 0 spiro atoms. The van der Waals surface area contributed by atoms with Gasteiger partial charge < -0.3 is 19.3 Å². The van der Waals surface area contributed by atoms with E-state index < -0.39 is 11.8 Å². The number of hydrogen-bond acceptors (Lipinski definition) is 5. The van der Waals surface area contributed by atoms with Crippen molar-refractivity contribution in [3.05, 3.63) is 17.7 Å². The summed E-state index contributed by atoms with van der Waals surface area (Å²) in [4.78, 5) is 22.3. The molecule has 1 N–H and O–H groups in total. The number of carbonyl (C=O) groups is 2. The highest BCUT2D eigenvalue weighted by atomic mass is 16.5. The maximum Gasteiger partial charge on any atom is 0.377 e. The number of ketones is 1. The van der Waals surface area contributed by atoms with E-state index in [9.17, 15) is 9.59 Å². The highest BCUT2D eigenvalue weighted by molar-refractivity contribution is 6.41. The molecule has 0 atom stereocenters. The van der Waals surface area contributed by atoms with E-state index in [0.717, 1.165) is 0 Å². The van der Waals surface area contributed by atoms with Gasteiger partial charge in [0.1, 0.15) is 11.3 Å². The summed E-state index contributed by atoms with van der Waals surface area (Å²) in [7, 11) is 4.04. The fourth-order valence-corrected chi connectivity index (χ4v) is 1.40. The van der Waals surface area contributed by atoms with Crippen LogP contribution in [0.25, 0.3) is 0 Å². The summed E-state index contributed by atoms with van der Waals surface area (Å²) in [6, 6.07) is 2.97. The summed E-state index contributed by atoms with van der Waals surface area (Å²) >= 11 is 0. The number of carbonyl (C=O) groups excluding carboxylic acids is 1. The third kappa shape index (κ3) is 2.30. The maximum atomic E-state index is 11.6. The predicted molar refractivity (Wildman–Crippen MR) is 58.1 cm³/mol. The first kappa shape index (κ1) is 12.8. The van der Waals surface area contributed by atoms with Crippen molar-refractivity contribution in [3.8, 4) is 17.2 Å². The molecule has 0 amide bonds. The van der Waals surface area contributed by atoms with Crippen molar-refractivity contribution in [1.29, 1.82) is 0 Å². The van der Waals surface area contributed by atoms with Gasteiger partial charge in [-0.05, 0) is 12.1 Å². The summed E-state index contributed by atoms with van der Waals surface area (Å²) in [6.45, 7) is 0. The van der Waals surface area contributed by atoms with Crippen molar-refractivity contribution in [3.63, 3.8) is 0 Å². The van der Waals surface area contributed by atoms with Crippen LogP contribution in [-0.4, -0.2) is 38.2 Å². The molecule has 6 nitrogen and oxygen atoms in total. The van der Waals surface area contributed by atoms with Crippen LogP contribution in [0.5, 0.6) is 17.2 Å². The van der Waals surface area contributed by atoms with Crippen LogP contribution in [0.15, 0.2) is 12.1 Å². The van der Waals surface area contributed by atoms with E-state index in [1.807, 2.05) is 0 Å². The second-order valence-electron chi connectivity index (χ2n) is 3.01. The Labute approximate surface area is 97.7 Å². The topological polar surface area (TPSA) is 82.1 Å². The summed E-state index contributed by atoms with van der Waals surface area (Å²) in [6.07, 6.45) is 0. The standard InChI is InChI=1S/C11H12O6/c1-15-6-4-5-7(16-2)10(17-3)8(6)9(12)11(13)14/h4-5H,1-3H3,(H,13,14). The average Bonchev–Trinajstić information content (AvgIpc) is 2.35. The van der Waals surface area contributed by atoms with Crippen LogP contribution in [-0.2, 0) is 4.79 Å². The molecule has 0 heterocycles. The molecule has 0 aliphatic heterocycles. The first-order chi connectivity index (χ1) is 8.06. The zero-order valence-electron chi connectivity index (χ0n) is 9.64. The molecule has 0 aromatic heterocycles. The number of aliphatic carboxylic acids is 1. The highest BCUT2D eigenvalue weighted by Gasteiger charge is 2.26. The fraction of sp³-hybridized carbons (Fsp3) is 0.273. The molecule has 0 radical (unpaired) electrons. The molecular formula is C11H12O6. The van der Waals surface area contributed by atoms with Crippen molar-refractivity contribution >= 4 is 11.8 Å². The van der Waals surface area contributed by atoms with E-state index >= 15 is 0 Å². The van der Waals surface area contributed by atoms with Crippen LogP contribution < -0.4 is 14.2 Å². The smallest absolute Gasteiger partial charge is 0.377 e. The van der Waals surface area contributed by atoms with Gasteiger partial charge in [0.2, 0.25) is 0 Å². The Morgan fingerprint density at radius 1 is 1.00 bits per heavy atom. The van der Waals surface area contributed by atoms with Gasteiger partial charge in [0.05, 0.1) is 21.3 Å². The van der Waals surface area contributed by atoms with Crippen molar-refractivity contribution in [2.75, 3.05) is 21.3 Å². The van der Waals surface area contributed by atoms with Gasteiger partial charge in [-0.1, -0.05) is 0 Å². The Morgan fingerprint density at radius 3 is 1.94 bits per heavy atom. The van der Waals surface area contributed by atoms with Crippen LogP contribution >= 0.6 is 0 Å². The molecule has 1 rings (SSSR count). The molecule has 17 heavy (non-hydrogen) atoms. The van der Waals surface area contributed by atoms with Gasteiger partial charge >= 0.3 is 5.97 Å². The van der Waals surface area contributed by atoms with E-state index in [2.05, 4.69) is 0 Å². The predicted octanol–water partition coefficient (Wildman–Crippen LogP) is 0.980. The van der Waals surface area contributed by atoms with Crippen LogP contribution in [0.3, 0.4) is 0 Å². The molecule has 0 bridgehead atoms. The Morgan fingerprint density at radius 2 is 1.53 bits per heavy atom. The minimum atomic E-state index is -1.59. The SMILES string of the molecule is COc1ccc(OC)c(C(=O)C(=O)O)c1OC. The quantitative estimate of drug-likeness (QED) is 0.610. The molecule has 0 aliphatic carbocycles. The lowest BCUT2D eigenvalue weighted by Gasteiger charge is -2.13. The maximum absolute atomic E-state index is 11.6. The first-order valence-electron chi connectivity index (χ1n) is 4.63. The molecule has 0 saturated heterocycles. The van der Waals surface area contributed by atoms with Gasteiger partial charge in [0, 0.05) is 0 Å². The number of hydrogen-bond donors (Lipinski definition) is 1. The number of carboxylic acid groups (broad SMARTS) is 1. The normalized spacial score (nSPS) is 9.59. The van der Waals surface area contributed by atoms with Crippen molar-refractivity contribution in [2.24, 2.45) is 0 Å². The zero-order chi connectivity index (χ0) is 13.0. The molecule has 1 aromatic rings. The summed E-state index contributed by atoms with van der Waals surface area (Å²) in [5.41, 5.74) is -0.165. The minimum absolute atomic E-state index is 0.0410. The van der Waals surface area contributed by atoms with Crippen LogP contribution in [0, 0.1) is 0 Å². The van der Waals surface area contributed by atoms with E-state index in [-0.39, 0.29) is 22.8 Å². The van der Waals surface area contributed by atoms with E-state index in [4.69, 9.17) is 19.3 Å². The van der Waals surface area contributed by atoms with Crippen molar-refractivity contribution in [2.45, 2.75) is 0 Å². The number of Topliss-reactive ketones (excluding diaryl/α,β-unsaturated/α-hetero) is 1. The van der Waals surface area contributed by atoms with Crippen LogP contribution in [0.1, 0.15) is 10.4 Å². The molecular weight excluding hydrogens is 228 g/mol. The summed E-state index contributed by atoms with van der Waals surface area (Å²) in [5.74, 6) is -2.28. The lowest BCUT2D eigenvalue weighted by atomic mass is 10.1. The molecule has 0 aliphatic rings. The fourth-order valence-electron chi connectivity index (χ4n) is 1.40. The molecule has 0 fully saturated rings. The number of methoxy groups -OCH3 is 3. The number of ether oxygens (including phenoxy) is 3. The number of carboxylic acids is 1. The monoisotopic (exact) mass is 240 g/mol. The van der Waals surface area contributed by atoms with Gasteiger partial charge in [-0.25, -0.2) is 4.79 Å². The molecule has 92 valence electrons. The second kappa shape index (κ2) is 5.20. The Bertz CT molecular complexity index is 452. The summed E-state index contributed by atoms with van der Waals surface area (Å²) in [5, 5.41) is 8.74. The largest absolute Gasteiger partial charge is 0.496 e. The van der Waals surface area contributed by atoms with E-state index in [0.29, 0.717) is 0 Å². The molecule has 0 saturated carbocycles. The second-order valence-corrected chi connectivity index (χ2v) is 3.01. The zero-order valence-corrected chi connectivity index (χ0v) is 9.64. The van der Waals surface area contributed by atoms with E-state index in [1.165, 1.54) is 33.5 Å². The Kier molecular flexibility index (Phi) is 3.92. The first-order valence-corrected chi connectivity index (χ1v) is 4.63. The van der Waals surface area contributed by atoms with Crippen molar-refractivity contribution < 1.29 is 28.9 Å². The van der Waals surface area contributed by atoms with Gasteiger partial charge in [0.25, 0.3) is 5.78 Å². The van der Waals surface area contributed by atoms with Gasteiger partial charge in [0.15, 0.2) is 11.5 Å². The Hall–Kier alpha value is -2.24. The van der Waals surface area contributed by atoms with E-state index in [1.54, 1.807) is 0 Å².